The second kappa shape index (κ2) is 7.74. The highest BCUT2D eigenvalue weighted by atomic mass is 16.5. The molecule has 0 aliphatic carbocycles. The van der Waals surface area contributed by atoms with Crippen LogP contribution in [0, 0.1) is 0 Å². The number of hydrogen-bond donors (Lipinski definition) is 0. The van der Waals surface area contributed by atoms with Gasteiger partial charge < -0.3 is 18.8 Å². The Bertz CT molecular complexity index is 976. The third-order valence-electron chi connectivity index (χ3n) is 4.06. The number of nitrogens with zero attached hydrogens (tertiary/aromatic N) is 1. The van der Waals surface area contributed by atoms with Crippen LogP contribution in [0.4, 0.5) is 0 Å². The van der Waals surface area contributed by atoms with Crippen molar-refractivity contribution in [1.29, 1.82) is 0 Å². The van der Waals surface area contributed by atoms with E-state index in [1.807, 2.05) is 30.3 Å². The highest BCUT2D eigenvalue weighted by Gasteiger charge is 2.09. The zero-order valence-electron chi connectivity index (χ0n) is 14.6. The minimum atomic E-state index is -0.468. The number of aromatic nitrogens is 1. The average molecular weight is 353 g/mol. The molecule has 0 unspecified atom stereocenters. The van der Waals surface area contributed by atoms with E-state index in [4.69, 9.17) is 14.2 Å². The normalized spacial score (nSPS) is 10.5. The van der Waals surface area contributed by atoms with Crippen LogP contribution in [0.25, 0.3) is 10.8 Å². The Morgan fingerprint density at radius 2 is 1.73 bits per heavy atom. The van der Waals surface area contributed by atoms with Gasteiger partial charge in [-0.15, -0.1) is 0 Å². The number of rotatable bonds is 6. The molecular formula is C20H19NO5. The molecule has 0 amide bonds. The molecule has 26 heavy (non-hydrogen) atoms. The standard InChI is InChI=1S/C20H19NO5/c1-24-16-5-7-17(8-6-16)26-12-11-21-10-9-14-3-4-15(20(23)25-2)13-18(14)19(21)22/h3-10,13H,11-12H2,1-2H3. The van der Waals surface area contributed by atoms with E-state index in [9.17, 15) is 9.59 Å². The highest BCUT2D eigenvalue weighted by molar-refractivity contribution is 5.95. The highest BCUT2D eigenvalue weighted by Crippen LogP contribution is 2.17. The first kappa shape index (κ1) is 17.5. The van der Waals surface area contributed by atoms with Gasteiger partial charge in [0.1, 0.15) is 18.1 Å². The molecule has 6 heteroatoms. The van der Waals surface area contributed by atoms with Crippen LogP contribution < -0.4 is 15.0 Å². The summed E-state index contributed by atoms with van der Waals surface area (Å²) in [6.07, 6.45) is 1.72. The Morgan fingerprint density at radius 3 is 2.42 bits per heavy atom. The number of hydrogen-bond acceptors (Lipinski definition) is 5. The van der Waals surface area contributed by atoms with Gasteiger partial charge in [-0.25, -0.2) is 4.79 Å². The molecule has 0 spiro atoms. The monoisotopic (exact) mass is 353 g/mol. The summed E-state index contributed by atoms with van der Waals surface area (Å²) in [6, 6.07) is 14.0. The SMILES string of the molecule is COC(=O)c1ccc2ccn(CCOc3ccc(OC)cc3)c(=O)c2c1. The fourth-order valence-electron chi connectivity index (χ4n) is 2.63. The van der Waals surface area contributed by atoms with Gasteiger partial charge in [0.15, 0.2) is 0 Å². The summed E-state index contributed by atoms with van der Waals surface area (Å²) in [4.78, 5) is 24.3. The quantitative estimate of drug-likeness (QED) is 0.638. The second-order valence-electron chi connectivity index (χ2n) is 5.63. The lowest BCUT2D eigenvalue weighted by atomic mass is 10.1. The summed E-state index contributed by atoms with van der Waals surface area (Å²) < 4.78 is 17.0. The summed E-state index contributed by atoms with van der Waals surface area (Å²) in [5, 5.41) is 1.25. The van der Waals surface area contributed by atoms with Gasteiger partial charge in [-0.05, 0) is 47.9 Å². The van der Waals surface area contributed by atoms with Crippen molar-refractivity contribution < 1.29 is 19.0 Å². The minimum Gasteiger partial charge on any atom is -0.497 e. The van der Waals surface area contributed by atoms with E-state index >= 15 is 0 Å². The van der Waals surface area contributed by atoms with Crippen LogP contribution in [-0.2, 0) is 11.3 Å². The molecule has 0 N–H and O–H groups in total. The number of carbonyl (C=O) groups excluding carboxylic acids is 1. The van der Waals surface area contributed by atoms with Gasteiger partial charge in [0.2, 0.25) is 0 Å². The Hall–Kier alpha value is -3.28. The number of methoxy groups -OCH3 is 2. The molecule has 0 fully saturated rings. The number of benzene rings is 2. The van der Waals surface area contributed by atoms with Crippen LogP contribution in [0.5, 0.6) is 11.5 Å². The maximum atomic E-state index is 12.7. The van der Waals surface area contributed by atoms with Gasteiger partial charge in [0.25, 0.3) is 5.56 Å². The van der Waals surface area contributed by atoms with Crippen LogP contribution in [0.3, 0.4) is 0 Å². The molecule has 2 aromatic carbocycles. The minimum absolute atomic E-state index is 0.174. The number of fused-ring (bicyclic) bond motifs is 1. The van der Waals surface area contributed by atoms with E-state index in [0.29, 0.717) is 29.9 Å². The predicted octanol–water partition coefficient (Wildman–Crippen LogP) is 2.88. The van der Waals surface area contributed by atoms with Crippen molar-refractivity contribution in [1.82, 2.24) is 4.57 Å². The number of esters is 1. The topological polar surface area (TPSA) is 66.8 Å². The summed E-state index contributed by atoms with van der Waals surface area (Å²) in [5.74, 6) is 0.988. The molecule has 0 aliphatic rings. The molecule has 1 heterocycles. The van der Waals surface area contributed by atoms with E-state index < -0.39 is 5.97 Å². The zero-order chi connectivity index (χ0) is 18.5. The van der Waals surface area contributed by atoms with Gasteiger partial charge in [-0.1, -0.05) is 6.07 Å². The predicted molar refractivity (Wildman–Crippen MR) is 98.0 cm³/mol. The van der Waals surface area contributed by atoms with Crippen molar-refractivity contribution in [2.45, 2.75) is 6.54 Å². The lowest BCUT2D eigenvalue weighted by Gasteiger charge is -2.10. The summed E-state index contributed by atoms with van der Waals surface area (Å²) in [5.41, 5.74) is 0.177. The maximum absolute atomic E-state index is 12.7. The van der Waals surface area contributed by atoms with E-state index in [0.717, 1.165) is 11.1 Å². The average Bonchev–Trinajstić information content (AvgIpc) is 2.69. The lowest BCUT2D eigenvalue weighted by molar-refractivity contribution is 0.0601. The van der Waals surface area contributed by atoms with Crippen molar-refractivity contribution in [3.8, 4) is 11.5 Å². The second-order valence-corrected chi connectivity index (χ2v) is 5.63. The largest absolute Gasteiger partial charge is 0.497 e. The molecule has 3 aromatic rings. The molecule has 0 bridgehead atoms. The van der Waals surface area contributed by atoms with Gasteiger partial charge in [0.05, 0.1) is 26.3 Å². The Morgan fingerprint density at radius 1 is 1.00 bits per heavy atom. The third-order valence-corrected chi connectivity index (χ3v) is 4.06. The number of carbonyl (C=O) groups is 1. The van der Waals surface area contributed by atoms with Crippen molar-refractivity contribution >= 4 is 16.7 Å². The zero-order valence-corrected chi connectivity index (χ0v) is 14.6. The van der Waals surface area contributed by atoms with Crippen LogP contribution in [0.1, 0.15) is 10.4 Å². The van der Waals surface area contributed by atoms with Gasteiger partial charge in [-0.2, -0.15) is 0 Å². The van der Waals surface area contributed by atoms with Crippen LogP contribution in [0.2, 0.25) is 0 Å². The molecule has 134 valence electrons. The first-order valence-electron chi connectivity index (χ1n) is 8.11. The van der Waals surface area contributed by atoms with Crippen molar-refractivity contribution in [2.75, 3.05) is 20.8 Å². The van der Waals surface area contributed by atoms with E-state index in [2.05, 4.69) is 0 Å². The molecule has 1 aromatic heterocycles. The molecule has 0 saturated carbocycles. The smallest absolute Gasteiger partial charge is 0.337 e. The fourth-order valence-corrected chi connectivity index (χ4v) is 2.63. The van der Waals surface area contributed by atoms with E-state index in [1.54, 1.807) is 36.1 Å². The molecule has 0 saturated heterocycles. The van der Waals surface area contributed by atoms with Crippen LogP contribution >= 0.6 is 0 Å². The molecule has 0 atom stereocenters. The van der Waals surface area contributed by atoms with E-state index in [-0.39, 0.29) is 5.56 Å². The third kappa shape index (κ3) is 3.69. The molecule has 0 aliphatic heterocycles. The summed E-state index contributed by atoms with van der Waals surface area (Å²) in [6.45, 7) is 0.734. The van der Waals surface area contributed by atoms with E-state index in [1.165, 1.54) is 7.11 Å². The Labute approximate surface area is 150 Å². The summed E-state index contributed by atoms with van der Waals surface area (Å²) in [7, 11) is 2.92. The van der Waals surface area contributed by atoms with Gasteiger partial charge in [0, 0.05) is 11.6 Å². The van der Waals surface area contributed by atoms with Crippen LogP contribution in [0.15, 0.2) is 59.5 Å². The molecule has 3 rings (SSSR count). The summed E-state index contributed by atoms with van der Waals surface area (Å²) >= 11 is 0. The molecule has 0 radical (unpaired) electrons. The lowest BCUT2D eigenvalue weighted by Crippen LogP contribution is -2.22. The van der Waals surface area contributed by atoms with Gasteiger partial charge >= 0.3 is 5.97 Å². The Balaban J connectivity index is 1.75. The number of pyridine rings is 1. The molecular weight excluding hydrogens is 334 g/mol. The fraction of sp³-hybridized carbons (Fsp3) is 0.200. The van der Waals surface area contributed by atoms with Crippen LogP contribution in [-0.4, -0.2) is 31.4 Å². The van der Waals surface area contributed by atoms with Crippen molar-refractivity contribution in [3.63, 3.8) is 0 Å². The van der Waals surface area contributed by atoms with Gasteiger partial charge in [-0.3, -0.25) is 4.79 Å². The first-order chi connectivity index (χ1) is 12.6. The Kier molecular flexibility index (Phi) is 5.22. The van der Waals surface area contributed by atoms with Crippen molar-refractivity contribution in [3.05, 3.63) is 70.6 Å². The van der Waals surface area contributed by atoms with Crippen molar-refractivity contribution in [2.24, 2.45) is 0 Å². The maximum Gasteiger partial charge on any atom is 0.337 e. The molecule has 6 nitrogen and oxygen atoms in total. The number of ether oxygens (including phenoxy) is 3. The first-order valence-corrected chi connectivity index (χ1v) is 8.11.